The molecule has 0 bridgehead atoms. The van der Waals surface area contributed by atoms with Crippen LogP contribution in [0.2, 0.25) is 0 Å². The average molecular weight is 350 g/mol. The second-order valence-electron chi connectivity index (χ2n) is 4.88. The normalized spacial score (nSPS) is 15.2. The van der Waals surface area contributed by atoms with Crippen molar-refractivity contribution in [2.75, 3.05) is 35.0 Å². The van der Waals surface area contributed by atoms with Gasteiger partial charge in [0.15, 0.2) is 11.5 Å². The van der Waals surface area contributed by atoms with E-state index in [4.69, 9.17) is 14.2 Å². The number of urea groups is 1. The van der Waals surface area contributed by atoms with Gasteiger partial charge in [-0.25, -0.2) is 9.69 Å². The summed E-state index contributed by atoms with van der Waals surface area (Å²) in [6.45, 7) is -0.471. The lowest BCUT2D eigenvalue weighted by atomic mass is 10.1. The zero-order valence-corrected chi connectivity index (χ0v) is 14.2. The number of hydrogen-bond donors (Lipinski definition) is 1. The Hall–Kier alpha value is -3.23. The highest BCUT2D eigenvalue weighted by molar-refractivity contribution is 6.15. The Morgan fingerprint density at radius 3 is 2.32 bits per heavy atom. The van der Waals surface area contributed by atoms with Crippen molar-refractivity contribution < 1.29 is 33.3 Å². The SMILES string of the molecule is COC(=O)CN1C(=O)NC(=Cc2ccc(OC)c(OC)c2OC)C1=O. The topological polar surface area (TPSA) is 103 Å². The fraction of sp³-hybridized carbons (Fsp3) is 0.312. The number of esters is 1. The van der Waals surface area contributed by atoms with E-state index in [1.807, 2.05) is 0 Å². The maximum Gasteiger partial charge on any atom is 0.329 e. The Morgan fingerprint density at radius 2 is 1.76 bits per heavy atom. The first-order chi connectivity index (χ1) is 12.0. The largest absolute Gasteiger partial charge is 0.493 e. The molecule has 1 aliphatic rings. The van der Waals surface area contributed by atoms with Crippen LogP contribution >= 0.6 is 0 Å². The number of imide groups is 1. The van der Waals surface area contributed by atoms with Crippen molar-refractivity contribution in [3.05, 3.63) is 23.4 Å². The van der Waals surface area contributed by atoms with Crippen LogP contribution in [-0.4, -0.2) is 57.8 Å². The molecular formula is C16H18N2O7. The van der Waals surface area contributed by atoms with Gasteiger partial charge in [-0.3, -0.25) is 9.59 Å². The Labute approximate surface area is 144 Å². The van der Waals surface area contributed by atoms with Gasteiger partial charge in [0.05, 0.1) is 28.4 Å². The minimum Gasteiger partial charge on any atom is -0.493 e. The summed E-state index contributed by atoms with van der Waals surface area (Å²) in [5.74, 6) is -0.207. The summed E-state index contributed by atoms with van der Waals surface area (Å²) in [6, 6.07) is 2.58. The summed E-state index contributed by atoms with van der Waals surface area (Å²) in [5.41, 5.74) is 0.489. The van der Waals surface area contributed by atoms with E-state index in [2.05, 4.69) is 10.1 Å². The Balaban J connectivity index is 2.39. The molecule has 1 saturated heterocycles. The summed E-state index contributed by atoms with van der Waals surface area (Å²) in [4.78, 5) is 36.3. The van der Waals surface area contributed by atoms with Gasteiger partial charge in [-0.05, 0) is 18.2 Å². The van der Waals surface area contributed by atoms with Crippen molar-refractivity contribution in [2.24, 2.45) is 0 Å². The van der Waals surface area contributed by atoms with Crippen molar-refractivity contribution in [3.63, 3.8) is 0 Å². The van der Waals surface area contributed by atoms with Gasteiger partial charge in [0.25, 0.3) is 5.91 Å². The van der Waals surface area contributed by atoms with Crippen LogP contribution < -0.4 is 19.5 Å². The van der Waals surface area contributed by atoms with E-state index in [1.54, 1.807) is 12.1 Å². The monoisotopic (exact) mass is 350 g/mol. The smallest absolute Gasteiger partial charge is 0.329 e. The summed E-state index contributed by atoms with van der Waals surface area (Å²) in [7, 11) is 5.56. The summed E-state index contributed by atoms with van der Waals surface area (Å²) in [6.07, 6.45) is 1.43. The van der Waals surface area contributed by atoms with Crippen molar-refractivity contribution in [3.8, 4) is 17.2 Å². The molecule has 1 heterocycles. The number of nitrogens with one attached hydrogen (secondary N) is 1. The van der Waals surface area contributed by atoms with E-state index in [0.29, 0.717) is 22.8 Å². The van der Waals surface area contributed by atoms with Crippen molar-refractivity contribution in [2.45, 2.75) is 0 Å². The standard InChI is InChI=1S/C16H18N2O7/c1-22-11-6-5-9(13(24-3)14(11)25-4)7-10-15(20)18(16(21)17-10)8-12(19)23-2/h5-7H,8H2,1-4H3,(H,17,21). The minimum atomic E-state index is -0.707. The first-order valence-electron chi connectivity index (χ1n) is 7.17. The van der Waals surface area contributed by atoms with E-state index in [9.17, 15) is 14.4 Å². The lowest BCUT2D eigenvalue weighted by Gasteiger charge is -2.14. The zero-order chi connectivity index (χ0) is 18.6. The fourth-order valence-electron chi connectivity index (χ4n) is 2.30. The highest BCUT2D eigenvalue weighted by atomic mass is 16.5. The number of carbonyl (C=O) groups excluding carboxylic acids is 3. The molecule has 0 radical (unpaired) electrons. The molecule has 1 fully saturated rings. The summed E-state index contributed by atoms with van der Waals surface area (Å²) >= 11 is 0. The number of hydrogen-bond acceptors (Lipinski definition) is 7. The number of benzene rings is 1. The molecule has 25 heavy (non-hydrogen) atoms. The molecule has 0 aromatic heterocycles. The van der Waals surface area contributed by atoms with Gasteiger partial charge in [0.2, 0.25) is 5.75 Å². The van der Waals surface area contributed by atoms with Crippen LogP contribution in [-0.2, 0) is 14.3 Å². The maximum absolute atomic E-state index is 12.3. The molecule has 9 heteroatoms. The quantitative estimate of drug-likeness (QED) is 0.459. The molecule has 9 nitrogen and oxygen atoms in total. The lowest BCUT2D eigenvalue weighted by Crippen LogP contribution is -2.36. The van der Waals surface area contributed by atoms with E-state index in [0.717, 1.165) is 4.90 Å². The van der Waals surface area contributed by atoms with E-state index < -0.39 is 24.5 Å². The van der Waals surface area contributed by atoms with Gasteiger partial charge in [0, 0.05) is 5.56 Å². The van der Waals surface area contributed by atoms with Gasteiger partial charge in [-0.1, -0.05) is 0 Å². The second-order valence-corrected chi connectivity index (χ2v) is 4.88. The first kappa shape index (κ1) is 18.1. The molecule has 134 valence electrons. The van der Waals surface area contributed by atoms with E-state index >= 15 is 0 Å². The summed E-state index contributed by atoms with van der Waals surface area (Å²) in [5, 5.41) is 2.41. The minimum absolute atomic E-state index is 0.000534. The Morgan fingerprint density at radius 1 is 1.08 bits per heavy atom. The molecule has 0 saturated carbocycles. The lowest BCUT2D eigenvalue weighted by molar-refractivity contribution is -0.143. The number of methoxy groups -OCH3 is 4. The van der Waals surface area contributed by atoms with E-state index in [-0.39, 0.29) is 5.70 Å². The number of carbonyl (C=O) groups is 3. The van der Waals surface area contributed by atoms with E-state index in [1.165, 1.54) is 34.5 Å². The molecule has 1 N–H and O–H groups in total. The zero-order valence-electron chi connectivity index (χ0n) is 14.2. The number of amides is 3. The predicted molar refractivity (Wildman–Crippen MR) is 86.3 cm³/mol. The molecule has 0 aliphatic carbocycles. The van der Waals surface area contributed by atoms with Crippen LogP contribution in [0.5, 0.6) is 17.2 Å². The molecule has 1 aromatic rings. The first-order valence-corrected chi connectivity index (χ1v) is 7.17. The average Bonchev–Trinajstić information content (AvgIpc) is 2.88. The molecular weight excluding hydrogens is 332 g/mol. The number of nitrogens with zero attached hydrogens (tertiary/aromatic N) is 1. The Kier molecular flexibility index (Phi) is 5.48. The van der Waals surface area contributed by atoms with Gasteiger partial charge in [0.1, 0.15) is 12.2 Å². The van der Waals surface area contributed by atoms with Crippen molar-refractivity contribution >= 4 is 24.0 Å². The van der Waals surface area contributed by atoms with Gasteiger partial charge in [-0.2, -0.15) is 0 Å². The highest BCUT2D eigenvalue weighted by Gasteiger charge is 2.35. The van der Waals surface area contributed by atoms with Gasteiger partial charge < -0.3 is 24.3 Å². The van der Waals surface area contributed by atoms with Crippen LogP contribution in [0.3, 0.4) is 0 Å². The molecule has 2 rings (SSSR count). The molecule has 3 amide bonds. The van der Waals surface area contributed by atoms with Crippen LogP contribution in [0.4, 0.5) is 4.79 Å². The second kappa shape index (κ2) is 7.56. The molecule has 1 aliphatic heterocycles. The maximum atomic E-state index is 12.3. The molecule has 1 aromatic carbocycles. The Bertz CT molecular complexity index is 742. The predicted octanol–water partition coefficient (Wildman–Crippen LogP) is 0.778. The van der Waals surface area contributed by atoms with Crippen molar-refractivity contribution in [1.29, 1.82) is 0 Å². The van der Waals surface area contributed by atoms with Crippen LogP contribution in [0.25, 0.3) is 6.08 Å². The van der Waals surface area contributed by atoms with Crippen LogP contribution in [0.15, 0.2) is 17.8 Å². The van der Waals surface area contributed by atoms with Gasteiger partial charge in [-0.15, -0.1) is 0 Å². The fourth-order valence-corrected chi connectivity index (χ4v) is 2.30. The third kappa shape index (κ3) is 3.49. The summed E-state index contributed by atoms with van der Waals surface area (Å²) < 4.78 is 20.3. The third-order valence-electron chi connectivity index (χ3n) is 3.51. The van der Waals surface area contributed by atoms with Crippen LogP contribution in [0, 0.1) is 0 Å². The van der Waals surface area contributed by atoms with Gasteiger partial charge >= 0.3 is 12.0 Å². The molecule has 0 spiro atoms. The number of ether oxygens (including phenoxy) is 4. The number of rotatable bonds is 6. The van der Waals surface area contributed by atoms with Crippen molar-refractivity contribution in [1.82, 2.24) is 10.2 Å². The van der Waals surface area contributed by atoms with Crippen LogP contribution in [0.1, 0.15) is 5.56 Å². The third-order valence-corrected chi connectivity index (χ3v) is 3.51. The molecule has 0 unspecified atom stereocenters. The highest BCUT2D eigenvalue weighted by Crippen LogP contribution is 2.40. The molecule has 0 atom stereocenters.